The molecule has 1 aliphatic rings. The Labute approximate surface area is 122 Å². The third kappa shape index (κ3) is 4.59. The van der Waals surface area contributed by atoms with Crippen LogP contribution in [0.3, 0.4) is 0 Å². The third-order valence-electron chi connectivity index (χ3n) is 4.33. The Morgan fingerprint density at radius 2 is 2.32 bits per heavy atom. The molecule has 1 saturated heterocycles. The Hall–Kier alpha value is -0.380. The summed E-state index contributed by atoms with van der Waals surface area (Å²) in [6.45, 7) is 10.7. The lowest BCUT2D eigenvalue weighted by molar-refractivity contribution is 0.153. The van der Waals surface area contributed by atoms with Gasteiger partial charge >= 0.3 is 0 Å². The Morgan fingerprint density at radius 3 is 3.00 bits per heavy atom. The molecule has 0 amide bonds. The summed E-state index contributed by atoms with van der Waals surface area (Å²) in [6, 6.07) is 5.60. The molecular formula is C16H28N2S. The van der Waals surface area contributed by atoms with Gasteiger partial charge in [-0.15, -0.1) is 11.3 Å². The van der Waals surface area contributed by atoms with Crippen LogP contribution in [0.15, 0.2) is 17.5 Å². The highest BCUT2D eigenvalue weighted by molar-refractivity contribution is 7.09. The molecule has 0 bridgehead atoms. The van der Waals surface area contributed by atoms with Crippen LogP contribution in [0.2, 0.25) is 0 Å². The zero-order chi connectivity index (χ0) is 13.7. The maximum atomic E-state index is 3.81. The molecule has 1 aliphatic heterocycles. The summed E-state index contributed by atoms with van der Waals surface area (Å²) in [6.07, 6.45) is 3.91. The molecule has 1 N–H and O–H groups in total. The quantitative estimate of drug-likeness (QED) is 0.859. The van der Waals surface area contributed by atoms with Gasteiger partial charge in [-0.2, -0.15) is 0 Å². The van der Waals surface area contributed by atoms with Crippen LogP contribution in [-0.4, -0.2) is 36.6 Å². The van der Waals surface area contributed by atoms with Crippen LogP contribution in [0.5, 0.6) is 0 Å². The number of piperidine rings is 1. The van der Waals surface area contributed by atoms with Gasteiger partial charge in [-0.05, 0) is 63.6 Å². The highest BCUT2D eigenvalue weighted by Crippen LogP contribution is 2.20. The van der Waals surface area contributed by atoms with E-state index in [1.165, 1.54) is 37.4 Å². The van der Waals surface area contributed by atoms with Crippen LogP contribution in [0, 0.1) is 5.92 Å². The Morgan fingerprint density at radius 1 is 1.47 bits per heavy atom. The molecule has 0 saturated carbocycles. The van der Waals surface area contributed by atoms with Crippen molar-refractivity contribution >= 4 is 11.3 Å². The first-order chi connectivity index (χ1) is 9.19. The molecule has 3 unspecified atom stereocenters. The Balaban J connectivity index is 1.77. The summed E-state index contributed by atoms with van der Waals surface area (Å²) < 4.78 is 0. The van der Waals surface area contributed by atoms with Gasteiger partial charge in [0.15, 0.2) is 0 Å². The number of thiophene rings is 1. The van der Waals surface area contributed by atoms with Crippen molar-refractivity contribution in [3.05, 3.63) is 22.4 Å². The minimum Gasteiger partial charge on any atom is -0.311 e. The molecule has 0 aromatic carbocycles. The predicted octanol–water partition coefficient (Wildman–Crippen LogP) is 3.39. The zero-order valence-electron chi connectivity index (χ0n) is 12.6. The second kappa shape index (κ2) is 7.41. The van der Waals surface area contributed by atoms with Crippen LogP contribution in [0.1, 0.15) is 38.5 Å². The molecule has 108 valence electrons. The van der Waals surface area contributed by atoms with Crippen molar-refractivity contribution in [3.8, 4) is 0 Å². The molecule has 2 nitrogen and oxygen atoms in total. The largest absolute Gasteiger partial charge is 0.311 e. The first kappa shape index (κ1) is 15.0. The normalized spacial score (nSPS) is 24.3. The van der Waals surface area contributed by atoms with E-state index in [4.69, 9.17) is 0 Å². The molecule has 3 heteroatoms. The second-order valence-electron chi connectivity index (χ2n) is 5.94. The Bertz CT molecular complexity index is 350. The van der Waals surface area contributed by atoms with Crippen molar-refractivity contribution in [1.82, 2.24) is 10.2 Å². The summed E-state index contributed by atoms with van der Waals surface area (Å²) in [5.74, 6) is 0.819. The molecule has 19 heavy (non-hydrogen) atoms. The number of nitrogens with zero attached hydrogens (tertiary/aromatic N) is 1. The van der Waals surface area contributed by atoms with E-state index in [2.05, 4.69) is 48.5 Å². The molecule has 0 radical (unpaired) electrons. The van der Waals surface area contributed by atoms with Gasteiger partial charge < -0.3 is 10.2 Å². The fraction of sp³-hybridized carbons (Fsp3) is 0.750. The average molecular weight is 280 g/mol. The molecule has 3 atom stereocenters. The number of hydrogen-bond acceptors (Lipinski definition) is 3. The number of nitrogens with one attached hydrogen (secondary N) is 1. The molecule has 2 heterocycles. The van der Waals surface area contributed by atoms with Crippen molar-refractivity contribution in [3.63, 3.8) is 0 Å². The summed E-state index contributed by atoms with van der Waals surface area (Å²) in [5.41, 5.74) is 0. The van der Waals surface area contributed by atoms with Crippen LogP contribution >= 0.6 is 11.3 Å². The van der Waals surface area contributed by atoms with Gasteiger partial charge in [0, 0.05) is 23.5 Å². The molecular weight excluding hydrogens is 252 g/mol. The molecule has 1 aromatic heterocycles. The maximum Gasteiger partial charge on any atom is 0.00896 e. The SMILES string of the molecule is CCN1CCCC(C(C)NC(C)Cc2cccs2)C1. The lowest BCUT2D eigenvalue weighted by atomic mass is 9.91. The molecule has 1 fully saturated rings. The van der Waals surface area contributed by atoms with E-state index in [1.807, 2.05) is 11.3 Å². The van der Waals surface area contributed by atoms with E-state index in [0.717, 1.165) is 12.3 Å². The molecule has 1 aromatic rings. The summed E-state index contributed by atoms with van der Waals surface area (Å²) >= 11 is 1.87. The Kier molecular flexibility index (Phi) is 5.86. The van der Waals surface area contributed by atoms with Crippen LogP contribution in [0.4, 0.5) is 0 Å². The standard InChI is InChI=1S/C16H28N2S/c1-4-18-9-5-7-15(12-18)14(3)17-13(2)11-16-8-6-10-19-16/h6,8,10,13-15,17H,4-5,7,9,11-12H2,1-3H3. The van der Waals surface area contributed by atoms with Gasteiger partial charge in [-0.1, -0.05) is 13.0 Å². The van der Waals surface area contributed by atoms with Gasteiger partial charge in [-0.25, -0.2) is 0 Å². The average Bonchev–Trinajstić information content (AvgIpc) is 2.91. The molecule has 2 rings (SSSR count). The smallest absolute Gasteiger partial charge is 0.00896 e. The summed E-state index contributed by atoms with van der Waals surface area (Å²) in [4.78, 5) is 4.09. The highest BCUT2D eigenvalue weighted by atomic mass is 32.1. The number of hydrogen-bond donors (Lipinski definition) is 1. The number of rotatable bonds is 6. The lowest BCUT2D eigenvalue weighted by Gasteiger charge is -2.36. The van der Waals surface area contributed by atoms with Gasteiger partial charge in [0.25, 0.3) is 0 Å². The monoisotopic (exact) mass is 280 g/mol. The topological polar surface area (TPSA) is 15.3 Å². The first-order valence-corrected chi connectivity index (χ1v) is 8.57. The molecule has 0 aliphatic carbocycles. The van der Waals surface area contributed by atoms with E-state index < -0.39 is 0 Å². The van der Waals surface area contributed by atoms with E-state index in [-0.39, 0.29) is 0 Å². The summed E-state index contributed by atoms with van der Waals surface area (Å²) in [5, 5.41) is 5.98. The number of likely N-dealkylation sites (tertiary alicyclic amines) is 1. The van der Waals surface area contributed by atoms with Gasteiger partial charge in [0.05, 0.1) is 0 Å². The van der Waals surface area contributed by atoms with Crippen molar-refractivity contribution in [2.45, 2.75) is 52.1 Å². The fourth-order valence-corrected chi connectivity index (χ4v) is 4.00. The minimum absolute atomic E-state index is 0.575. The maximum absolute atomic E-state index is 3.81. The van der Waals surface area contributed by atoms with Crippen molar-refractivity contribution in [1.29, 1.82) is 0 Å². The third-order valence-corrected chi connectivity index (χ3v) is 5.23. The first-order valence-electron chi connectivity index (χ1n) is 7.69. The predicted molar refractivity (Wildman–Crippen MR) is 84.9 cm³/mol. The minimum atomic E-state index is 0.575. The second-order valence-corrected chi connectivity index (χ2v) is 6.97. The van der Waals surface area contributed by atoms with Crippen molar-refractivity contribution in [2.75, 3.05) is 19.6 Å². The van der Waals surface area contributed by atoms with Crippen molar-refractivity contribution in [2.24, 2.45) is 5.92 Å². The van der Waals surface area contributed by atoms with Gasteiger partial charge in [-0.3, -0.25) is 0 Å². The van der Waals surface area contributed by atoms with E-state index in [9.17, 15) is 0 Å². The van der Waals surface area contributed by atoms with Gasteiger partial charge in [0.2, 0.25) is 0 Å². The lowest BCUT2D eigenvalue weighted by Crippen LogP contribution is -2.47. The molecule has 0 spiro atoms. The van der Waals surface area contributed by atoms with E-state index in [1.54, 1.807) is 0 Å². The van der Waals surface area contributed by atoms with Crippen LogP contribution in [0.25, 0.3) is 0 Å². The van der Waals surface area contributed by atoms with Crippen molar-refractivity contribution < 1.29 is 0 Å². The van der Waals surface area contributed by atoms with E-state index >= 15 is 0 Å². The summed E-state index contributed by atoms with van der Waals surface area (Å²) in [7, 11) is 0. The fourth-order valence-electron chi connectivity index (χ4n) is 3.16. The van der Waals surface area contributed by atoms with Crippen LogP contribution in [-0.2, 0) is 6.42 Å². The zero-order valence-corrected chi connectivity index (χ0v) is 13.4. The highest BCUT2D eigenvalue weighted by Gasteiger charge is 2.24. The van der Waals surface area contributed by atoms with Gasteiger partial charge in [0.1, 0.15) is 0 Å². The van der Waals surface area contributed by atoms with E-state index in [0.29, 0.717) is 12.1 Å². The van der Waals surface area contributed by atoms with Crippen LogP contribution < -0.4 is 5.32 Å².